The Morgan fingerprint density at radius 2 is 1.87 bits per heavy atom. The van der Waals surface area contributed by atoms with E-state index in [4.69, 9.17) is 4.74 Å². The number of hydrogen-bond donors (Lipinski definition) is 1. The van der Waals surface area contributed by atoms with Gasteiger partial charge in [0, 0.05) is 36.8 Å². The van der Waals surface area contributed by atoms with Gasteiger partial charge in [-0.1, -0.05) is 19.9 Å². The van der Waals surface area contributed by atoms with Gasteiger partial charge < -0.3 is 14.5 Å². The Labute approximate surface area is 184 Å². The molecule has 8 heteroatoms. The molecule has 31 heavy (non-hydrogen) atoms. The van der Waals surface area contributed by atoms with Crippen LogP contribution >= 0.6 is 0 Å². The zero-order valence-corrected chi connectivity index (χ0v) is 19.0. The summed E-state index contributed by atoms with van der Waals surface area (Å²) in [5, 5.41) is 0. The molecule has 0 saturated carbocycles. The summed E-state index contributed by atoms with van der Waals surface area (Å²) in [6, 6.07) is 12.0. The van der Waals surface area contributed by atoms with E-state index in [9.17, 15) is 13.2 Å². The van der Waals surface area contributed by atoms with Gasteiger partial charge in [0.05, 0.1) is 24.2 Å². The Kier molecular flexibility index (Phi) is 5.60. The molecule has 4 rings (SSSR count). The Morgan fingerprint density at radius 1 is 1.13 bits per heavy atom. The first-order valence-corrected chi connectivity index (χ1v) is 12.0. The minimum atomic E-state index is -3.76. The molecular formula is C23H29N3O4S. The van der Waals surface area contributed by atoms with Crippen molar-refractivity contribution >= 4 is 27.3 Å². The topological polar surface area (TPSA) is 79.0 Å². The highest BCUT2D eigenvalue weighted by Gasteiger charge is 2.37. The maximum Gasteiger partial charge on any atom is 0.261 e. The molecular weight excluding hydrogens is 414 g/mol. The summed E-state index contributed by atoms with van der Waals surface area (Å²) in [5.41, 5.74) is 2.05. The molecule has 2 aromatic rings. The highest BCUT2D eigenvalue weighted by atomic mass is 32.2. The predicted molar refractivity (Wildman–Crippen MR) is 121 cm³/mol. The van der Waals surface area contributed by atoms with Crippen LogP contribution in [-0.4, -0.2) is 52.5 Å². The van der Waals surface area contributed by atoms with E-state index in [1.807, 2.05) is 11.0 Å². The molecule has 2 aromatic carbocycles. The van der Waals surface area contributed by atoms with Crippen molar-refractivity contribution in [1.29, 1.82) is 0 Å². The number of likely N-dealkylation sites (tertiary alicyclic amines) is 1. The molecule has 0 unspecified atom stereocenters. The van der Waals surface area contributed by atoms with Gasteiger partial charge in [-0.2, -0.15) is 0 Å². The standard InChI is InChI=1S/C23H29N3O4S/c1-23(2)16-26(15-22(27)25-11-4-5-12-25)21-10-9-19(14-20(21)23)31(28,29)24-17-7-6-8-18(13-17)30-3/h6-10,13-14,24H,4-5,11-12,15-16H2,1-3H3. The molecule has 0 aliphatic carbocycles. The third kappa shape index (κ3) is 4.35. The molecule has 0 bridgehead atoms. The third-order valence-corrected chi connectivity index (χ3v) is 7.42. The maximum absolute atomic E-state index is 13.0. The molecule has 0 atom stereocenters. The van der Waals surface area contributed by atoms with Gasteiger partial charge in [0.1, 0.15) is 5.75 Å². The van der Waals surface area contributed by atoms with Crippen molar-refractivity contribution in [2.75, 3.05) is 42.9 Å². The summed E-state index contributed by atoms with van der Waals surface area (Å²) >= 11 is 0. The molecule has 2 heterocycles. The quantitative estimate of drug-likeness (QED) is 0.742. The number of ether oxygens (including phenoxy) is 1. The van der Waals surface area contributed by atoms with Crippen molar-refractivity contribution in [2.45, 2.75) is 37.0 Å². The number of nitrogens with zero attached hydrogens (tertiary/aromatic N) is 2. The van der Waals surface area contributed by atoms with E-state index < -0.39 is 10.0 Å². The second-order valence-corrected chi connectivity index (χ2v) is 10.5. The maximum atomic E-state index is 13.0. The summed E-state index contributed by atoms with van der Waals surface area (Å²) in [7, 11) is -2.22. The van der Waals surface area contributed by atoms with Crippen LogP contribution in [0.25, 0.3) is 0 Å². The summed E-state index contributed by atoms with van der Waals surface area (Å²) in [6.45, 7) is 6.82. The van der Waals surface area contributed by atoms with Crippen LogP contribution in [0.15, 0.2) is 47.4 Å². The fourth-order valence-corrected chi connectivity index (χ4v) is 5.49. The van der Waals surface area contributed by atoms with Crippen LogP contribution in [0, 0.1) is 0 Å². The summed E-state index contributed by atoms with van der Waals surface area (Å²) in [6.07, 6.45) is 2.13. The van der Waals surface area contributed by atoms with Crippen LogP contribution in [0.1, 0.15) is 32.3 Å². The van der Waals surface area contributed by atoms with Gasteiger partial charge in [-0.15, -0.1) is 0 Å². The number of carbonyl (C=O) groups is 1. The Bertz CT molecular complexity index is 1090. The lowest BCUT2D eigenvalue weighted by molar-refractivity contribution is -0.128. The number of nitrogens with one attached hydrogen (secondary N) is 1. The average molecular weight is 444 g/mol. The Balaban J connectivity index is 1.58. The summed E-state index contributed by atoms with van der Waals surface area (Å²) in [5.74, 6) is 0.714. The zero-order valence-electron chi connectivity index (χ0n) is 18.2. The van der Waals surface area contributed by atoms with Gasteiger partial charge in [-0.25, -0.2) is 8.42 Å². The monoisotopic (exact) mass is 443 g/mol. The van der Waals surface area contributed by atoms with Gasteiger partial charge >= 0.3 is 0 Å². The number of fused-ring (bicyclic) bond motifs is 1. The predicted octanol–water partition coefficient (Wildman–Crippen LogP) is 3.22. The molecule has 1 saturated heterocycles. The number of anilines is 2. The van der Waals surface area contributed by atoms with Crippen LogP contribution in [0.5, 0.6) is 5.75 Å². The van der Waals surface area contributed by atoms with Crippen molar-refractivity contribution in [3.63, 3.8) is 0 Å². The SMILES string of the molecule is COc1cccc(NS(=O)(=O)c2ccc3c(c2)C(C)(C)CN3CC(=O)N2CCCC2)c1. The number of sulfonamides is 1. The van der Waals surface area contributed by atoms with Crippen LogP contribution in [-0.2, 0) is 20.2 Å². The third-order valence-electron chi connectivity index (χ3n) is 6.04. The van der Waals surface area contributed by atoms with E-state index in [1.54, 1.807) is 36.4 Å². The van der Waals surface area contributed by atoms with Crippen LogP contribution in [0.3, 0.4) is 0 Å². The van der Waals surface area contributed by atoms with E-state index in [0.717, 1.165) is 37.2 Å². The lowest BCUT2D eigenvalue weighted by Gasteiger charge is -2.24. The number of hydrogen-bond acceptors (Lipinski definition) is 5. The number of benzene rings is 2. The van der Waals surface area contributed by atoms with Gasteiger partial charge in [0.15, 0.2) is 0 Å². The molecule has 2 aliphatic rings. The van der Waals surface area contributed by atoms with Gasteiger partial charge in [-0.3, -0.25) is 9.52 Å². The Morgan fingerprint density at radius 3 is 2.58 bits per heavy atom. The summed E-state index contributed by atoms with van der Waals surface area (Å²) < 4.78 is 33.8. The van der Waals surface area contributed by atoms with E-state index in [-0.39, 0.29) is 16.2 Å². The molecule has 2 aliphatic heterocycles. The largest absolute Gasteiger partial charge is 0.497 e. The molecule has 1 N–H and O–H groups in total. The smallest absolute Gasteiger partial charge is 0.261 e. The van der Waals surface area contributed by atoms with Gasteiger partial charge in [-0.05, 0) is 48.7 Å². The van der Waals surface area contributed by atoms with E-state index in [1.165, 1.54) is 7.11 Å². The molecule has 166 valence electrons. The van der Waals surface area contributed by atoms with E-state index in [0.29, 0.717) is 24.5 Å². The first-order valence-electron chi connectivity index (χ1n) is 10.5. The lowest BCUT2D eigenvalue weighted by atomic mass is 9.87. The average Bonchev–Trinajstić information content (AvgIpc) is 3.35. The van der Waals surface area contributed by atoms with Crippen molar-refractivity contribution in [2.24, 2.45) is 0 Å². The number of methoxy groups -OCH3 is 1. The van der Waals surface area contributed by atoms with Gasteiger partial charge in [0.2, 0.25) is 5.91 Å². The molecule has 7 nitrogen and oxygen atoms in total. The van der Waals surface area contributed by atoms with Crippen LogP contribution < -0.4 is 14.4 Å². The van der Waals surface area contributed by atoms with Crippen LogP contribution in [0.4, 0.5) is 11.4 Å². The Hall–Kier alpha value is -2.74. The fourth-order valence-electron chi connectivity index (χ4n) is 4.42. The number of rotatable bonds is 6. The van der Waals surface area contributed by atoms with Crippen LogP contribution in [0.2, 0.25) is 0 Å². The molecule has 1 fully saturated rings. The minimum Gasteiger partial charge on any atom is -0.497 e. The second-order valence-electron chi connectivity index (χ2n) is 8.84. The second kappa shape index (κ2) is 8.07. The molecule has 1 amide bonds. The summed E-state index contributed by atoms with van der Waals surface area (Å²) in [4.78, 5) is 16.9. The van der Waals surface area contributed by atoms with Crippen molar-refractivity contribution in [3.8, 4) is 5.75 Å². The highest BCUT2D eigenvalue weighted by Crippen LogP contribution is 2.41. The fraction of sp³-hybridized carbons (Fsp3) is 0.435. The first kappa shape index (κ1) is 21.5. The van der Waals surface area contributed by atoms with Gasteiger partial charge in [0.25, 0.3) is 10.0 Å². The molecule has 0 spiro atoms. The van der Waals surface area contributed by atoms with Crippen molar-refractivity contribution in [3.05, 3.63) is 48.0 Å². The normalized spacial score (nSPS) is 17.5. The van der Waals surface area contributed by atoms with E-state index >= 15 is 0 Å². The zero-order chi connectivity index (χ0) is 22.2. The highest BCUT2D eigenvalue weighted by molar-refractivity contribution is 7.92. The minimum absolute atomic E-state index is 0.137. The number of amides is 1. The molecule has 0 radical (unpaired) electrons. The van der Waals surface area contributed by atoms with Crippen molar-refractivity contribution < 1.29 is 17.9 Å². The first-order chi connectivity index (χ1) is 14.7. The molecule has 0 aromatic heterocycles. The van der Waals surface area contributed by atoms with Crippen molar-refractivity contribution in [1.82, 2.24) is 4.90 Å². The van der Waals surface area contributed by atoms with E-state index in [2.05, 4.69) is 23.5 Å². The lowest BCUT2D eigenvalue weighted by Crippen LogP contribution is -2.40. The number of carbonyl (C=O) groups excluding carboxylic acids is 1.